The van der Waals surface area contributed by atoms with E-state index >= 15 is 0 Å². The highest BCUT2D eigenvalue weighted by molar-refractivity contribution is 7.99. The fraction of sp³-hybridized carbons (Fsp3) is 0.105. The molecule has 136 valence electrons. The molecule has 0 radical (unpaired) electrons. The number of hydrogen-bond acceptors (Lipinski definition) is 4. The van der Waals surface area contributed by atoms with Crippen molar-refractivity contribution in [3.63, 3.8) is 0 Å². The molecule has 2 N–H and O–H groups in total. The molecule has 2 aromatic carbocycles. The predicted octanol–water partition coefficient (Wildman–Crippen LogP) is 4.35. The fourth-order valence-electron chi connectivity index (χ4n) is 2.81. The molecule has 0 aliphatic rings. The molecule has 2 aromatic heterocycles. The van der Waals surface area contributed by atoms with Crippen LogP contribution in [0.15, 0.2) is 59.9 Å². The Bertz CT molecular complexity index is 1120. The van der Waals surface area contributed by atoms with Gasteiger partial charge in [0.25, 0.3) is 0 Å². The number of fused-ring (bicyclic) bond motifs is 1. The van der Waals surface area contributed by atoms with Crippen molar-refractivity contribution in [3.05, 3.63) is 59.8 Å². The highest BCUT2D eigenvalue weighted by Gasteiger charge is 2.16. The van der Waals surface area contributed by atoms with Crippen molar-refractivity contribution in [2.45, 2.75) is 5.16 Å². The van der Waals surface area contributed by atoms with E-state index in [-0.39, 0.29) is 11.7 Å². The minimum absolute atomic E-state index is 0.148. The van der Waals surface area contributed by atoms with Crippen molar-refractivity contribution in [3.8, 4) is 11.4 Å². The maximum absolute atomic E-state index is 12.2. The third-order valence-corrected chi connectivity index (χ3v) is 5.50. The van der Waals surface area contributed by atoms with Crippen LogP contribution in [0, 0.1) is 0 Å². The van der Waals surface area contributed by atoms with E-state index in [4.69, 9.17) is 11.6 Å². The average molecular weight is 398 g/mol. The van der Waals surface area contributed by atoms with E-state index in [0.717, 1.165) is 22.3 Å². The smallest absolute Gasteiger partial charge is 0.234 e. The summed E-state index contributed by atoms with van der Waals surface area (Å²) in [7, 11) is 1.89. The van der Waals surface area contributed by atoms with Crippen LogP contribution >= 0.6 is 23.4 Å². The number of carbonyl (C=O) groups is 1. The SMILES string of the molecule is Cn1c(SCC(=O)Nc2ccccc2Cl)nnc1-c1c[nH]c2ccccc12. The highest BCUT2D eigenvalue weighted by Crippen LogP contribution is 2.29. The summed E-state index contributed by atoms with van der Waals surface area (Å²) >= 11 is 7.40. The zero-order valence-corrected chi connectivity index (χ0v) is 16.0. The van der Waals surface area contributed by atoms with E-state index in [1.165, 1.54) is 11.8 Å². The van der Waals surface area contributed by atoms with Crippen LogP contribution in [0.4, 0.5) is 5.69 Å². The monoisotopic (exact) mass is 397 g/mol. The van der Waals surface area contributed by atoms with Gasteiger partial charge in [-0.3, -0.25) is 4.79 Å². The second-order valence-corrected chi connectivity index (χ2v) is 7.28. The van der Waals surface area contributed by atoms with Gasteiger partial charge in [0.1, 0.15) is 0 Å². The Hall–Kier alpha value is -2.77. The van der Waals surface area contributed by atoms with Crippen LogP contribution in [-0.4, -0.2) is 31.4 Å². The molecule has 0 aliphatic carbocycles. The van der Waals surface area contributed by atoms with Crippen LogP contribution < -0.4 is 5.32 Å². The van der Waals surface area contributed by atoms with E-state index in [1.54, 1.807) is 12.1 Å². The van der Waals surface area contributed by atoms with Gasteiger partial charge in [-0.15, -0.1) is 10.2 Å². The molecule has 4 rings (SSSR count). The van der Waals surface area contributed by atoms with Crippen LogP contribution in [0.5, 0.6) is 0 Å². The summed E-state index contributed by atoms with van der Waals surface area (Å²) in [4.78, 5) is 15.4. The van der Waals surface area contributed by atoms with Gasteiger partial charge in [-0.2, -0.15) is 0 Å². The van der Waals surface area contributed by atoms with Crippen molar-refractivity contribution < 1.29 is 4.79 Å². The first-order valence-electron chi connectivity index (χ1n) is 8.26. The number of H-pyrrole nitrogens is 1. The number of aromatic nitrogens is 4. The van der Waals surface area contributed by atoms with Crippen molar-refractivity contribution in [1.82, 2.24) is 19.7 Å². The zero-order valence-electron chi connectivity index (χ0n) is 14.4. The molecule has 27 heavy (non-hydrogen) atoms. The van der Waals surface area contributed by atoms with Crippen molar-refractivity contribution in [2.24, 2.45) is 7.05 Å². The molecule has 0 bridgehead atoms. The summed E-state index contributed by atoms with van der Waals surface area (Å²) in [6, 6.07) is 15.2. The standard InChI is InChI=1S/C19H16ClN5OS/c1-25-18(13-10-21-15-8-4-2-6-12(13)15)23-24-19(25)27-11-17(26)22-16-9-5-3-7-14(16)20/h2-10,21H,11H2,1H3,(H,22,26). The number of benzene rings is 2. The largest absolute Gasteiger partial charge is 0.360 e. The van der Waals surface area contributed by atoms with E-state index in [9.17, 15) is 4.79 Å². The molecule has 0 saturated heterocycles. The Labute approximate surface area is 164 Å². The topological polar surface area (TPSA) is 75.6 Å². The molecule has 0 saturated carbocycles. The van der Waals surface area contributed by atoms with Crippen LogP contribution in [0.1, 0.15) is 0 Å². The normalized spacial score (nSPS) is 11.0. The number of nitrogens with zero attached hydrogens (tertiary/aromatic N) is 3. The summed E-state index contributed by atoms with van der Waals surface area (Å²) in [6.45, 7) is 0. The van der Waals surface area contributed by atoms with Crippen molar-refractivity contribution in [1.29, 1.82) is 0 Å². The second-order valence-electron chi connectivity index (χ2n) is 5.93. The molecule has 6 nitrogen and oxygen atoms in total. The fourth-order valence-corrected chi connectivity index (χ4v) is 3.70. The van der Waals surface area contributed by atoms with Crippen LogP contribution in [0.2, 0.25) is 5.02 Å². The maximum Gasteiger partial charge on any atom is 0.234 e. The average Bonchev–Trinajstić information content (AvgIpc) is 3.25. The molecule has 4 aromatic rings. The van der Waals surface area contributed by atoms with Gasteiger partial charge in [0.2, 0.25) is 5.91 Å². The van der Waals surface area contributed by atoms with E-state index < -0.39 is 0 Å². The first-order chi connectivity index (χ1) is 13.1. The summed E-state index contributed by atoms with van der Waals surface area (Å²) in [5.41, 5.74) is 2.62. The Morgan fingerprint density at radius 1 is 1.19 bits per heavy atom. The lowest BCUT2D eigenvalue weighted by Gasteiger charge is -2.07. The highest BCUT2D eigenvalue weighted by atomic mass is 35.5. The second kappa shape index (κ2) is 7.46. The first kappa shape index (κ1) is 17.6. The predicted molar refractivity (Wildman–Crippen MR) is 109 cm³/mol. The number of halogens is 1. The van der Waals surface area contributed by atoms with Crippen LogP contribution in [0.3, 0.4) is 0 Å². The van der Waals surface area contributed by atoms with Gasteiger partial charge in [-0.1, -0.05) is 53.7 Å². The lowest BCUT2D eigenvalue weighted by Crippen LogP contribution is -2.14. The van der Waals surface area contributed by atoms with Crippen LogP contribution in [-0.2, 0) is 11.8 Å². The minimum atomic E-state index is -0.148. The Morgan fingerprint density at radius 2 is 1.96 bits per heavy atom. The lowest BCUT2D eigenvalue weighted by atomic mass is 10.1. The molecule has 8 heteroatoms. The first-order valence-corrected chi connectivity index (χ1v) is 9.63. The molecule has 0 spiro atoms. The molecule has 1 amide bonds. The van der Waals surface area contributed by atoms with E-state index in [0.29, 0.717) is 15.9 Å². The number of anilines is 1. The van der Waals surface area contributed by atoms with Gasteiger partial charge in [0.05, 0.1) is 16.5 Å². The van der Waals surface area contributed by atoms with Gasteiger partial charge in [-0.25, -0.2) is 0 Å². The quantitative estimate of drug-likeness (QED) is 0.491. The molecule has 0 atom stereocenters. The Kier molecular flexibility index (Phi) is 4.87. The summed E-state index contributed by atoms with van der Waals surface area (Å²) in [6.07, 6.45) is 1.92. The molecule has 0 fully saturated rings. The summed E-state index contributed by atoms with van der Waals surface area (Å²) < 4.78 is 1.89. The number of amides is 1. The third-order valence-electron chi connectivity index (χ3n) is 4.15. The number of thioether (sulfide) groups is 1. The van der Waals surface area contributed by atoms with Gasteiger partial charge in [-0.05, 0) is 18.2 Å². The van der Waals surface area contributed by atoms with Crippen molar-refractivity contribution in [2.75, 3.05) is 11.1 Å². The molecule has 2 heterocycles. The van der Waals surface area contributed by atoms with Crippen LogP contribution in [0.25, 0.3) is 22.3 Å². The number of nitrogens with one attached hydrogen (secondary N) is 2. The van der Waals surface area contributed by atoms with Crippen molar-refractivity contribution >= 4 is 45.9 Å². The number of rotatable bonds is 5. The van der Waals surface area contributed by atoms with Gasteiger partial charge < -0.3 is 14.9 Å². The molecule has 0 aliphatic heterocycles. The maximum atomic E-state index is 12.2. The summed E-state index contributed by atoms with van der Waals surface area (Å²) in [5.74, 6) is 0.816. The number of para-hydroxylation sites is 2. The Balaban J connectivity index is 1.48. The molecule has 0 unspecified atom stereocenters. The van der Waals surface area contributed by atoms with Gasteiger partial charge >= 0.3 is 0 Å². The Morgan fingerprint density at radius 3 is 2.81 bits per heavy atom. The minimum Gasteiger partial charge on any atom is -0.360 e. The van der Waals surface area contributed by atoms with E-state index in [2.05, 4.69) is 20.5 Å². The number of aromatic amines is 1. The lowest BCUT2D eigenvalue weighted by molar-refractivity contribution is -0.113. The van der Waals surface area contributed by atoms with E-state index in [1.807, 2.05) is 54.2 Å². The van der Waals surface area contributed by atoms with Gasteiger partial charge in [0, 0.05) is 29.7 Å². The molecular formula is C19H16ClN5OS. The number of carbonyl (C=O) groups excluding carboxylic acids is 1. The number of hydrogen-bond donors (Lipinski definition) is 2. The zero-order chi connectivity index (χ0) is 18.8. The molecular weight excluding hydrogens is 382 g/mol. The summed E-state index contributed by atoms with van der Waals surface area (Å²) in [5, 5.41) is 13.6. The van der Waals surface area contributed by atoms with Gasteiger partial charge in [0.15, 0.2) is 11.0 Å². The third kappa shape index (κ3) is 3.56.